The van der Waals surface area contributed by atoms with Crippen molar-refractivity contribution in [1.29, 1.82) is 0 Å². The first kappa shape index (κ1) is 15.3. The summed E-state index contributed by atoms with van der Waals surface area (Å²) in [5.41, 5.74) is 2.20. The Bertz CT molecular complexity index is 657. The van der Waals surface area contributed by atoms with Crippen LogP contribution in [0.2, 0.25) is 5.02 Å². The molecular weight excluding hydrogens is 318 g/mol. The van der Waals surface area contributed by atoms with Gasteiger partial charge in [-0.15, -0.1) is 11.8 Å². The Morgan fingerprint density at radius 1 is 1.18 bits per heavy atom. The van der Waals surface area contributed by atoms with E-state index in [0.29, 0.717) is 17.3 Å². The van der Waals surface area contributed by atoms with Gasteiger partial charge in [-0.1, -0.05) is 35.9 Å². The third-order valence-electron chi connectivity index (χ3n) is 3.64. The maximum Gasteiger partial charge on any atom is 0.234 e. The Kier molecular flexibility index (Phi) is 4.60. The van der Waals surface area contributed by atoms with Gasteiger partial charge in [0.25, 0.3) is 0 Å². The minimum atomic E-state index is 0.0480. The van der Waals surface area contributed by atoms with E-state index in [0.717, 1.165) is 16.9 Å². The predicted molar refractivity (Wildman–Crippen MR) is 90.2 cm³/mol. The topological polar surface area (TPSA) is 29.5 Å². The summed E-state index contributed by atoms with van der Waals surface area (Å²) in [7, 11) is 1.65. The maximum absolute atomic E-state index is 12.2. The number of hydrogen-bond acceptors (Lipinski definition) is 3. The summed E-state index contributed by atoms with van der Waals surface area (Å²) < 4.78 is 5.16. The molecule has 0 aromatic heterocycles. The zero-order chi connectivity index (χ0) is 15.5. The first-order chi connectivity index (χ1) is 10.7. The molecule has 0 radical (unpaired) electrons. The smallest absolute Gasteiger partial charge is 0.234 e. The SMILES string of the molecule is COc1ccc(CN2C(=O)CS[C@@H]2c2ccc(Cl)cc2)cc1. The molecule has 2 aromatic rings. The largest absolute Gasteiger partial charge is 0.497 e. The molecule has 0 N–H and O–H groups in total. The maximum atomic E-state index is 12.2. The zero-order valence-electron chi connectivity index (χ0n) is 12.2. The summed E-state index contributed by atoms with van der Waals surface area (Å²) in [6.45, 7) is 0.600. The molecule has 114 valence electrons. The van der Waals surface area contributed by atoms with Crippen LogP contribution in [0.3, 0.4) is 0 Å². The van der Waals surface area contributed by atoms with Crippen molar-refractivity contribution in [3.63, 3.8) is 0 Å². The number of halogens is 1. The molecule has 1 amide bonds. The molecule has 0 saturated carbocycles. The monoisotopic (exact) mass is 333 g/mol. The van der Waals surface area contributed by atoms with Crippen molar-refractivity contribution in [2.75, 3.05) is 12.9 Å². The molecule has 22 heavy (non-hydrogen) atoms. The molecule has 5 heteroatoms. The van der Waals surface area contributed by atoms with Crippen LogP contribution in [0.1, 0.15) is 16.5 Å². The first-order valence-corrected chi connectivity index (χ1v) is 8.39. The number of thioether (sulfide) groups is 1. The van der Waals surface area contributed by atoms with Gasteiger partial charge in [0.1, 0.15) is 11.1 Å². The van der Waals surface area contributed by atoms with Crippen molar-refractivity contribution < 1.29 is 9.53 Å². The molecule has 1 aliphatic heterocycles. The van der Waals surface area contributed by atoms with Crippen molar-refractivity contribution in [2.45, 2.75) is 11.9 Å². The quantitative estimate of drug-likeness (QED) is 0.842. The second kappa shape index (κ2) is 6.63. The molecule has 3 rings (SSSR count). The highest BCUT2D eigenvalue weighted by molar-refractivity contribution is 8.00. The van der Waals surface area contributed by atoms with Crippen LogP contribution in [0, 0.1) is 0 Å². The standard InChI is InChI=1S/C17H16ClNO2S/c1-21-15-8-2-12(3-9-15)10-19-16(20)11-22-17(19)13-4-6-14(18)7-5-13/h2-9,17H,10-11H2,1H3/t17-/m1/s1. The second-order valence-electron chi connectivity index (χ2n) is 5.08. The summed E-state index contributed by atoms with van der Waals surface area (Å²) in [6, 6.07) is 15.5. The fourth-order valence-corrected chi connectivity index (χ4v) is 3.77. The van der Waals surface area contributed by atoms with Crippen LogP contribution in [-0.4, -0.2) is 23.7 Å². The number of nitrogens with zero attached hydrogens (tertiary/aromatic N) is 1. The summed E-state index contributed by atoms with van der Waals surface area (Å²) in [4.78, 5) is 14.1. The summed E-state index contributed by atoms with van der Waals surface area (Å²) in [6.07, 6.45) is 0. The summed E-state index contributed by atoms with van der Waals surface area (Å²) >= 11 is 7.60. The van der Waals surface area contributed by atoms with Gasteiger partial charge in [-0.05, 0) is 35.4 Å². The van der Waals surface area contributed by atoms with E-state index in [-0.39, 0.29) is 11.3 Å². The average molecular weight is 334 g/mol. The van der Waals surface area contributed by atoms with Gasteiger partial charge < -0.3 is 9.64 Å². The van der Waals surface area contributed by atoms with E-state index in [1.54, 1.807) is 18.9 Å². The van der Waals surface area contributed by atoms with Crippen molar-refractivity contribution in [3.8, 4) is 5.75 Å². The van der Waals surface area contributed by atoms with Gasteiger partial charge >= 0.3 is 0 Å². The Hall–Kier alpha value is -1.65. The van der Waals surface area contributed by atoms with E-state index < -0.39 is 0 Å². The second-order valence-corrected chi connectivity index (χ2v) is 6.59. The number of benzene rings is 2. The molecular formula is C17H16ClNO2S. The number of hydrogen-bond donors (Lipinski definition) is 0. The minimum absolute atomic E-state index is 0.0480. The van der Waals surface area contributed by atoms with Crippen LogP contribution >= 0.6 is 23.4 Å². The fourth-order valence-electron chi connectivity index (χ4n) is 2.46. The third kappa shape index (κ3) is 3.23. The number of amides is 1. The Morgan fingerprint density at radius 2 is 1.86 bits per heavy atom. The van der Waals surface area contributed by atoms with E-state index >= 15 is 0 Å². The van der Waals surface area contributed by atoms with Gasteiger partial charge in [0.05, 0.1) is 12.9 Å². The highest BCUT2D eigenvalue weighted by Gasteiger charge is 2.32. The molecule has 2 aromatic carbocycles. The lowest BCUT2D eigenvalue weighted by Crippen LogP contribution is -2.27. The normalized spacial score (nSPS) is 17.8. The molecule has 0 unspecified atom stereocenters. The number of rotatable bonds is 4. The lowest BCUT2D eigenvalue weighted by Gasteiger charge is -2.24. The van der Waals surface area contributed by atoms with Gasteiger partial charge in [0, 0.05) is 11.6 Å². The number of carbonyl (C=O) groups is 1. The van der Waals surface area contributed by atoms with Gasteiger partial charge in [0.15, 0.2) is 0 Å². The van der Waals surface area contributed by atoms with Crippen LogP contribution in [0.25, 0.3) is 0 Å². The van der Waals surface area contributed by atoms with Crippen LogP contribution in [-0.2, 0) is 11.3 Å². The fraction of sp³-hybridized carbons (Fsp3) is 0.235. The molecule has 0 spiro atoms. The van der Waals surface area contributed by atoms with E-state index in [9.17, 15) is 4.79 Å². The van der Waals surface area contributed by atoms with Gasteiger partial charge in [-0.2, -0.15) is 0 Å². The molecule has 1 heterocycles. The summed E-state index contributed by atoms with van der Waals surface area (Å²) in [5.74, 6) is 1.50. The van der Waals surface area contributed by atoms with Crippen LogP contribution in [0.4, 0.5) is 0 Å². The number of methoxy groups -OCH3 is 1. The molecule has 0 aliphatic carbocycles. The molecule has 1 saturated heterocycles. The lowest BCUT2D eigenvalue weighted by molar-refractivity contribution is -0.128. The van der Waals surface area contributed by atoms with Crippen molar-refractivity contribution >= 4 is 29.3 Å². The lowest BCUT2D eigenvalue weighted by atomic mass is 10.1. The highest BCUT2D eigenvalue weighted by Crippen LogP contribution is 2.39. The van der Waals surface area contributed by atoms with E-state index in [1.165, 1.54) is 0 Å². The Labute approximate surface area is 139 Å². The van der Waals surface area contributed by atoms with Gasteiger partial charge in [-0.3, -0.25) is 4.79 Å². The van der Waals surface area contributed by atoms with Crippen molar-refractivity contribution in [3.05, 3.63) is 64.7 Å². The van der Waals surface area contributed by atoms with Crippen molar-refractivity contribution in [1.82, 2.24) is 4.90 Å². The van der Waals surface area contributed by atoms with Crippen LogP contribution < -0.4 is 4.74 Å². The van der Waals surface area contributed by atoms with Gasteiger partial charge in [-0.25, -0.2) is 0 Å². The average Bonchev–Trinajstić information content (AvgIpc) is 2.90. The van der Waals surface area contributed by atoms with E-state index in [2.05, 4.69) is 0 Å². The third-order valence-corrected chi connectivity index (χ3v) is 5.14. The highest BCUT2D eigenvalue weighted by atomic mass is 35.5. The van der Waals surface area contributed by atoms with Crippen molar-refractivity contribution in [2.24, 2.45) is 0 Å². The zero-order valence-corrected chi connectivity index (χ0v) is 13.7. The summed E-state index contributed by atoms with van der Waals surface area (Å²) in [5, 5.41) is 0.756. The minimum Gasteiger partial charge on any atom is -0.497 e. The predicted octanol–water partition coefficient (Wildman–Crippen LogP) is 4.12. The van der Waals surface area contributed by atoms with E-state index in [1.807, 2.05) is 53.4 Å². The molecule has 0 bridgehead atoms. The Balaban J connectivity index is 1.79. The number of carbonyl (C=O) groups excluding carboxylic acids is 1. The molecule has 3 nitrogen and oxygen atoms in total. The Morgan fingerprint density at radius 3 is 2.50 bits per heavy atom. The number of ether oxygens (including phenoxy) is 1. The molecule has 1 aliphatic rings. The van der Waals surface area contributed by atoms with Gasteiger partial charge in [0.2, 0.25) is 5.91 Å². The van der Waals surface area contributed by atoms with E-state index in [4.69, 9.17) is 16.3 Å². The molecule has 1 atom stereocenters. The van der Waals surface area contributed by atoms with Crippen LogP contribution in [0.5, 0.6) is 5.75 Å². The van der Waals surface area contributed by atoms with Crippen LogP contribution in [0.15, 0.2) is 48.5 Å². The first-order valence-electron chi connectivity index (χ1n) is 6.97. The molecule has 1 fully saturated rings.